The summed E-state index contributed by atoms with van der Waals surface area (Å²) in [4.78, 5) is 30.3. The van der Waals surface area contributed by atoms with Crippen LogP contribution < -0.4 is 5.32 Å². The highest BCUT2D eigenvalue weighted by molar-refractivity contribution is 5.94. The highest BCUT2D eigenvalue weighted by Crippen LogP contribution is 2.45. The molecule has 3 fully saturated rings. The number of carbonyl (C=O) groups excluding carboxylic acids is 2. The Morgan fingerprint density at radius 2 is 1.86 bits per heavy atom. The van der Waals surface area contributed by atoms with Crippen molar-refractivity contribution >= 4 is 24.2 Å². The number of aryl methyl sites for hydroxylation is 1. The summed E-state index contributed by atoms with van der Waals surface area (Å²) in [6, 6.07) is 7.78. The summed E-state index contributed by atoms with van der Waals surface area (Å²) < 4.78 is 0. The lowest BCUT2D eigenvalue weighted by Gasteiger charge is -2.40. The van der Waals surface area contributed by atoms with E-state index in [1.807, 2.05) is 36.1 Å². The van der Waals surface area contributed by atoms with Crippen LogP contribution in [0.3, 0.4) is 0 Å². The second-order valence-corrected chi connectivity index (χ2v) is 8.54. The number of rotatable bonds is 2. The third-order valence-corrected chi connectivity index (χ3v) is 6.80. The number of nitrogens with zero attached hydrogens (tertiary/aromatic N) is 2. The van der Waals surface area contributed by atoms with Crippen molar-refractivity contribution in [1.82, 2.24) is 15.1 Å². The Balaban J connectivity index is 0.00000225. The SMILES string of the molecule is Cc1cccc(C(=O)N2CCCN(C(=O)[C@@]34CCCC[C@H]3CNC4)CC2)c1.Cl. The normalized spacial score (nSPS) is 27.5. The molecule has 2 heterocycles. The molecule has 6 heteroatoms. The van der Waals surface area contributed by atoms with Crippen molar-refractivity contribution in [2.24, 2.45) is 11.3 Å². The Kier molecular flexibility index (Phi) is 6.66. The van der Waals surface area contributed by atoms with Crippen LogP contribution in [0.2, 0.25) is 0 Å². The number of hydrogen-bond donors (Lipinski definition) is 1. The standard InChI is InChI=1S/C22H31N3O2.ClH/c1-17-6-4-7-18(14-17)20(26)24-10-5-11-25(13-12-24)21(27)22-9-3-2-8-19(22)15-23-16-22;/h4,6-7,14,19,23H,2-3,5,8-13,15-16H2,1H3;1H/t19-,22+;/m0./s1. The lowest BCUT2D eigenvalue weighted by molar-refractivity contribution is -0.145. The molecule has 2 saturated heterocycles. The zero-order valence-corrected chi connectivity index (χ0v) is 17.6. The van der Waals surface area contributed by atoms with E-state index in [1.54, 1.807) is 0 Å². The zero-order valence-electron chi connectivity index (χ0n) is 16.8. The first-order valence-electron chi connectivity index (χ1n) is 10.5. The van der Waals surface area contributed by atoms with Crippen LogP contribution >= 0.6 is 12.4 Å². The first-order chi connectivity index (χ1) is 13.1. The number of hydrogen-bond acceptors (Lipinski definition) is 3. The number of nitrogens with one attached hydrogen (secondary N) is 1. The molecule has 154 valence electrons. The van der Waals surface area contributed by atoms with Gasteiger partial charge in [0.05, 0.1) is 5.41 Å². The maximum atomic E-state index is 13.5. The van der Waals surface area contributed by atoms with E-state index in [0.29, 0.717) is 24.9 Å². The van der Waals surface area contributed by atoms with E-state index in [9.17, 15) is 9.59 Å². The number of halogens is 1. The largest absolute Gasteiger partial charge is 0.340 e. The van der Waals surface area contributed by atoms with E-state index >= 15 is 0 Å². The van der Waals surface area contributed by atoms with Crippen LogP contribution in [-0.2, 0) is 4.79 Å². The van der Waals surface area contributed by atoms with Gasteiger partial charge in [0.1, 0.15) is 0 Å². The van der Waals surface area contributed by atoms with Gasteiger partial charge in [0.2, 0.25) is 5.91 Å². The molecule has 2 aliphatic heterocycles. The maximum Gasteiger partial charge on any atom is 0.253 e. The average molecular weight is 406 g/mol. The van der Waals surface area contributed by atoms with Crippen LogP contribution in [0.15, 0.2) is 24.3 Å². The minimum Gasteiger partial charge on any atom is -0.340 e. The number of benzene rings is 1. The fraction of sp³-hybridized carbons (Fsp3) is 0.636. The van der Waals surface area contributed by atoms with Crippen LogP contribution in [0.5, 0.6) is 0 Å². The van der Waals surface area contributed by atoms with E-state index in [-0.39, 0.29) is 23.7 Å². The Labute approximate surface area is 174 Å². The zero-order chi connectivity index (χ0) is 18.9. The number of amides is 2. The lowest BCUT2D eigenvalue weighted by Crippen LogP contribution is -2.50. The van der Waals surface area contributed by atoms with Gasteiger partial charge in [-0.2, -0.15) is 0 Å². The second kappa shape index (κ2) is 8.83. The molecule has 0 spiro atoms. The summed E-state index contributed by atoms with van der Waals surface area (Å²) in [5, 5.41) is 3.48. The fourth-order valence-corrected chi connectivity index (χ4v) is 5.27. The topological polar surface area (TPSA) is 52.7 Å². The van der Waals surface area contributed by atoms with Gasteiger partial charge < -0.3 is 15.1 Å². The van der Waals surface area contributed by atoms with Crippen molar-refractivity contribution in [3.63, 3.8) is 0 Å². The van der Waals surface area contributed by atoms with E-state index in [0.717, 1.165) is 56.6 Å². The predicted molar refractivity (Wildman–Crippen MR) is 113 cm³/mol. The number of fused-ring (bicyclic) bond motifs is 1. The van der Waals surface area contributed by atoms with Crippen molar-refractivity contribution < 1.29 is 9.59 Å². The number of carbonyl (C=O) groups is 2. The molecule has 0 unspecified atom stereocenters. The lowest BCUT2D eigenvalue weighted by atomic mass is 9.67. The van der Waals surface area contributed by atoms with E-state index in [1.165, 1.54) is 12.8 Å². The third-order valence-electron chi connectivity index (χ3n) is 6.80. The van der Waals surface area contributed by atoms with Crippen LogP contribution in [0.4, 0.5) is 0 Å². The molecule has 1 aliphatic carbocycles. The highest BCUT2D eigenvalue weighted by Gasteiger charge is 2.51. The van der Waals surface area contributed by atoms with E-state index < -0.39 is 0 Å². The van der Waals surface area contributed by atoms with Crippen molar-refractivity contribution in [2.75, 3.05) is 39.3 Å². The molecule has 5 nitrogen and oxygen atoms in total. The van der Waals surface area contributed by atoms with E-state index in [2.05, 4.69) is 10.2 Å². The van der Waals surface area contributed by atoms with Gasteiger partial charge >= 0.3 is 0 Å². The maximum absolute atomic E-state index is 13.5. The van der Waals surface area contributed by atoms with Gasteiger partial charge in [-0.3, -0.25) is 9.59 Å². The van der Waals surface area contributed by atoms with Gasteiger partial charge in [0.25, 0.3) is 5.91 Å². The highest BCUT2D eigenvalue weighted by atomic mass is 35.5. The molecule has 1 saturated carbocycles. The van der Waals surface area contributed by atoms with E-state index in [4.69, 9.17) is 0 Å². The van der Waals surface area contributed by atoms with Gasteiger partial charge in [-0.05, 0) is 50.8 Å². The van der Waals surface area contributed by atoms with Crippen LogP contribution in [0.25, 0.3) is 0 Å². The van der Waals surface area contributed by atoms with Gasteiger partial charge in [0, 0.05) is 38.3 Å². The first-order valence-corrected chi connectivity index (χ1v) is 10.5. The van der Waals surface area contributed by atoms with Crippen LogP contribution in [-0.4, -0.2) is 60.9 Å². The first kappa shape index (κ1) is 21.1. The molecule has 28 heavy (non-hydrogen) atoms. The Morgan fingerprint density at radius 3 is 2.68 bits per heavy atom. The molecule has 1 aromatic rings. The summed E-state index contributed by atoms with van der Waals surface area (Å²) in [5.41, 5.74) is 1.66. The van der Waals surface area contributed by atoms with Gasteiger partial charge in [-0.1, -0.05) is 30.5 Å². The summed E-state index contributed by atoms with van der Waals surface area (Å²) in [6.45, 7) is 6.61. The van der Waals surface area contributed by atoms with Crippen molar-refractivity contribution in [2.45, 2.75) is 39.0 Å². The molecule has 1 N–H and O–H groups in total. The van der Waals surface area contributed by atoms with Crippen LogP contribution in [0, 0.1) is 18.3 Å². The molecule has 0 aromatic heterocycles. The molecule has 0 radical (unpaired) electrons. The second-order valence-electron chi connectivity index (χ2n) is 8.54. The molecule has 0 bridgehead atoms. The molecular weight excluding hydrogens is 374 g/mol. The summed E-state index contributed by atoms with van der Waals surface area (Å²) in [5.74, 6) is 0.915. The summed E-state index contributed by atoms with van der Waals surface area (Å²) >= 11 is 0. The Morgan fingerprint density at radius 1 is 1.07 bits per heavy atom. The molecular formula is C22H32ClN3O2. The molecule has 2 atom stereocenters. The van der Waals surface area contributed by atoms with Crippen molar-refractivity contribution in [3.8, 4) is 0 Å². The Hall–Kier alpha value is -1.59. The average Bonchev–Trinajstić information content (AvgIpc) is 2.98. The van der Waals surface area contributed by atoms with Gasteiger partial charge in [-0.15, -0.1) is 12.4 Å². The predicted octanol–water partition coefficient (Wildman–Crippen LogP) is 2.87. The third kappa shape index (κ3) is 3.92. The summed E-state index contributed by atoms with van der Waals surface area (Å²) in [6.07, 6.45) is 5.46. The van der Waals surface area contributed by atoms with Crippen molar-refractivity contribution in [1.29, 1.82) is 0 Å². The molecule has 2 amide bonds. The minimum absolute atomic E-state index is 0. The molecule has 3 aliphatic rings. The minimum atomic E-state index is -0.187. The van der Waals surface area contributed by atoms with Crippen molar-refractivity contribution in [3.05, 3.63) is 35.4 Å². The summed E-state index contributed by atoms with van der Waals surface area (Å²) in [7, 11) is 0. The smallest absolute Gasteiger partial charge is 0.253 e. The Bertz CT molecular complexity index is 725. The fourth-order valence-electron chi connectivity index (χ4n) is 5.27. The quantitative estimate of drug-likeness (QED) is 0.823. The van der Waals surface area contributed by atoms with Gasteiger partial charge in [-0.25, -0.2) is 0 Å². The van der Waals surface area contributed by atoms with Gasteiger partial charge in [0.15, 0.2) is 0 Å². The molecule has 1 aromatic carbocycles. The molecule has 4 rings (SSSR count). The monoisotopic (exact) mass is 405 g/mol. The van der Waals surface area contributed by atoms with Crippen LogP contribution in [0.1, 0.15) is 48.0 Å².